The van der Waals surface area contributed by atoms with Crippen LogP contribution in [0.15, 0.2) is 18.5 Å². The van der Waals surface area contributed by atoms with Crippen LogP contribution in [0.25, 0.3) is 0 Å². The van der Waals surface area contributed by atoms with Gasteiger partial charge in [-0.1, -0.05) is 0 Å². The number of hydrogen-bond donors (Lipinski definition) is 1. The van der Waals surface area contributed by atoms with Gasteiger partial charge in [-0.15, -0.1) is 0 Å². The number of aliphatic hydroxyl groups excluding tert-OH is 1. The summed E-state index contributed by atoms with van der Waals surface area (Å²) in [6, 6.07) is 1.92. The lowest BCUT2D eigenvalue weighted by Gasteiger charge is -2.39. The van der Waals surface area contributed by atoms with E-state index >= 15 is 0 Å². The van der Waals surface area contributed by atoms with E-state index in [0.29, 0.717) is 19.0 Å². The highest BCUT2D eigenvalue weighted by atomic mass is 16.3. The molecule has 1 aromatic rings. The first-order valence-corrected chi connectivity index (χ1v) is 6.64. The second kappa shape index (κ2) is 6.00. The molecule has 5 nitrogen and oxygen atoms in total. The average molecular weight is 251 g/mol. The van der Waals surface area contributed by atoms with Gasteiger partial charge in [-0.05, 0) is 38.7 Å². The van der Waals surface area contributed by atoms with E-state index in [1.807, 2.05) is 24.1 Å². The molecule has 0 spiro atoms. The van der Waals surface area contributed by atoms with Crippen LogP contribution in [0.1, 0.15) is 38.6 Å². The minimum absolute atomic E-state index is 0.108. The van der Waals surface area contributed by atoms with Gasteiger partial charge in [0.25, 0.3) is 0 Å². The maximum atomic E-state index is 12.5. The summed E-state index contributed by atoms with van der Waals surface area (Å²) in [5.74, 6) is 0.108. The van der Waals surface area contributed by atoms with Crippen molar-refractivity contribution in [2.24, 2.45) is 0 Å². The van der Waals surface area contributed by atoms with E-state index in [1.54, 1.807) is 10.9 Å². The largest absolute Gasteiger partial charge is 0.396 e. The molecule has 1 amide bonds. The third-order valence-corrected chi connectivity index (χ3v) is 3.63. The number of nitrogens with zero attached hydrogens (tertiary/aromatic N) is 3. The standard InChI is InChI=1S/C13H21N3O2/c1-11(16-9-3-7-14-16)13(18)15(8-4-10-17)12-5-2-6-12/h3,7,9,11-12,17H,2,4-6,8,10H2,1H3. The minimum Gasteiger partial charge on any atom is -0.396 e. The van der Waals surface area contributed by atoms with Crippen molar-refractivity contribution in [3.63, 3.8) is 0 Å². The fraction of sp³-hybridized carbons (Fsp3) is 0.692. The Morgan fingerprint density at radius 3 is 2.89 bits per heavy atom. The topological polar surface area (TPSA) is 58.4 Å². The van der Waals surface area contributed by atoms with E-state index in [1.165, 1.54) is 6.42 Å². The molecule has 0 aromatic carbocycles. The average Bonchev–Trinajstić information content (AvgIpc) is 2.83. The fourth-order valence-corrected chi connectivity index (χ4v) is 2.28. The van der Waals surface area contributed by atoms with Crippen molar-refractivity contribution in [3.8, 4) is 0 Å². The third kappa shape index (κ3) is 2.72. The monoisotopic (exact) mass is 251 g/mol. The summed E-state index contributed by atoms with van der Waals surface area (Å²) in [6.07, 6.45) is 7.52. The number of amides is 1. The molecule has 1 unspecified atom stereocenters. The van der Waals surface area contributed by atoms with Gasteiger partial charge in [0.2, 0.25) is 5.91 Å². The quantitative estimate of drug-likeness (QED) is 0.826. The lowest BCUT2D eigenvalue weighted by Crippen LogP contribution is -2.47. The van der Waals surface area contributed by atoms with Crippen molar-refractivity contribution < 1.29 is 9.90 Å². The molecule has 2 rings (SSSR count). The van der Waals surface area contributed by atoms with Crippen molar-refractivity contribution in [1.82, 2.24) is 14.7 Å². The molecule has 1 aliphatic rings. The van der Waals surface area contributed by atoms with Crippen LogP contribution in [0.4, 0.5) is 0 Å². The van der Waals surface area contributed by atoms with Crippen molar-refractivity contribution in [3.05, 3.63) is 18.5 Å². The highest BCUT2D eigenvalue weighted by Crippen LogP contribution is 2.26. The normalized spacial score (nSPS) is 17.2. The van der Waals surface area contributed by atoms with Gasteiger partial charge in [-0.25, -0.2) is 0 Å². The van der Waals surface area contributed by atoms with Crippen LogP contribution in [0.2, 0.25) is 0 Å². The highest BCUT2D eigenvalue weighted by Gasteiger charge is 2.31. The van der Waals surface area contributed by atoms with E-state index in [-0.39, 0.29) is 18.6 Å². The zero-order chi connectivity index (χ0) is 13.0. The lowest BCUT2D eigenvalue weighted by molar-refractivity contribution is -0.138. The van der Waals surface area contributed by atoms with Gasteiger partial charge in [0.1, 0.15) is 6.04 Å². The highest BCUT2D eigenvalue weighted by molar-refractivity contribution is 5.80. The number of rotatable bonds is 6. The van der Waals surface area contributed by atoms with E-state index in [9.17, 15) is 4.79 Å². The molecule has 1 saturated carbocycles. The first-order chi connectivity index (χ1) is 8.74. The maximum Gasteiger partial charge on any atom is 0.247 e. The Bertz CT molecular complexity index is 374. The van der Waals surface area contributed by atoms with Crippen LogP contribution in [0.3, 0.4) is 0 Å². The Hall–Kier alpha value is -1.36. The molecule has 5 heteroatoms. The van der Waals surface area contributed by atoms with Crippen LogP contribution in [-0.4, -0.2) is 44.9 Å². The summed E-state index contributed by atoms with van der Waals surface area (Å²) in [5, 5.41) is 13.1. The van der Waals surface area contributed by atoms with Crippen LogP contribution >= 0.6 is 0 Å². The molecule has 18 heavy (non-hydrogen) atoms. The molecule has 1 atom stereocenters. The summed E-state index contributed by atoms with van der Waals surface area (Å²) in [4.78, 5) is 14.4. The Kier molecular flexibility index (Phi) is 4.36. The molecule has 0 saturated heterocycles. The number of carbonyl (C=O) groups excluding carboxylic acids is 1. The number of aliphatic hydroxyl groups is 1. The summed E-state index contributed by atoms with van der Waals surface area (Å²) < 4.78 is 1.69. The third-order valence-electron chi connectivity index (χ3n) is 3.63. The summed E-state index contributed by atoms with van der Waals surface area (Å²) in [6.45, 7) is 2.65. The molecule has 1 N–H and O–H groups in total. The van der Waals surface area contributed by atoms with Crippen LogP contribution in [-0.2, 0) is 4.79 Å². The minimum atomic E-state index is -0.265. The van der Waals surface area contributed by atoms with Crippen molar-refractivity contribution in [2.75, 3.05) is 13.2 Å². The van der Waals surface area contributed by atoms with Crippen LogP contribution in [0, 0.1) is 0 Å². The van der Waals surface area contributed by atoms with E-state index < -0.39 is 0 Å². The van der Waals surface area contributed by atoms with Gasteiger partial charge in [0.15, 0.2) is 0 Å². The Labute approximate surface area is 107 Å². The predicted octanol–water partition coefficient (Wildman–Crippen LogP) is 1.21. The zero-order valence-electron chi connectivity index (χ0n) is 10.8. The molecule has 1 aliphatic carbocycles. The van der Waals surface area contributed by atoms with E-state index in [2.05, 4.69) is 5.10 Å². The fourth-order valence-electron chi connectivity index (χ4n) is 2.28. The Morgan fingerprint density at radius 1 is 1.61 bits per heavy atom. The molecule has 100 valence electrons. The SMILES string of the molecule is CC(C(=O)N(CCCO)C1CCC1)n1cccn1. The first-order valence-electron chi connectivity index (χ1n) is 6.64. The summed E-state index contributed by atoms with van der Waals surface area (Å²) >= 11 is 0. The molecular weight excluding hydrogens is 230 g/mol. The molecule has 1 heterocycles. The van der Waals surface area contributed by atoms with Crippen LogP contribution < -0.4 is 0 Å². The maximum absolute atomic E-state index is 12.5. The summed E-state index contributed by atoms with van der Waals surface area (Å²) in [5.41, 5.74) is 0. The van der Waals surface area contributed by atoms with Gasteiger partial charge < -0.3 is 10.0 Å². The Balaban J connectivity index is 2.02. The van der Waals surface area contributed by atoms with Crippen molar-refractivity contribution in [2.45, 2.75) is 44.7 Å². The van der Waals surface area contributed by atoms with Gasteiger partial charge >= 0.3 is 0 Å². The van der Waals surface area contributed by atoms with E-state index in [0.717, 1.165) is 12.8 Å². The van der Waals surface area contributed by atoms with Crippen molar-refractivity contribution in [1.29, 1.82) is 0 Å². The number of carbonyl (C=O) groups is 1. The van der Waals surface area contributed by atoms with Gasteiger partial charge in [-0.2, -0.15) is 5.10 Å². The number of aromatic nitrogens is 2. The molecule has 1 aromatic heterocycles. The molecule has 0 bridgehead atoms. The Morgan fingerprint density at radius 2 is 2.39 bits per heavy atom. The zero-order valence-corrected chi connectivity index (χ0v) is 10.8. The molecule has 0 aliphatic heterocycles. The summed E-state index contributed by atoms with van der Waals surface area (Å²) in [7, 11) is 0. The van der Waals surface area contributed by atoms with E-state index in [4.69, 9.17) is 5.11 Å². The second-order valence-electron chi connectivity index (χ2n) is 4.86. The molecule has 1 fully saturated rings. The molecular formula is C13H21N3O2. The smallest absolute Gasteiger partial charge is 0.247 e. The van der Waals surface area contributed by atoms with Gasteiger partial charge in [0, 0.05) is 31.6 Å². The molecule has 0 radical (unpaired) electrons. The van der Waals surface area contributed by atoms with Gasteiger partial charge in [-0.3, -0.25) is 9.48 Å². The first kappa shape index (κ1) is 13.1. The predicted molar refractivity (Wildman–Crippen MR) is 68.0 cm³/mol. The van der Waals surface area contributed by atoms with Gasteiger partial charge in [0.05, 0.1) is 0 Å². The van der Waals surface area contributed by atoms with Crippen LogP contribution in [0.5, 0.6) is 0 Å². The second-order valence-corrected chi connectivity index (χ2v) is 4.86. The van der Waals surface area contributed by atoms with Crippen molar-refractivity contribution >= 4 is 5.91 Å². The lowest BCUT2D eigenvalue weighted by atomic mass is 9.91. The number of hydrogen-bond acceptors (Lipinski definition) is 3.